The third-order valence-corrected chi connectivity index (χ3v) is 7.92. The van der Waals surface area contributed by atoms with Crippen molar-refractivity contribution in [3.8, 4) is 0 Å². The number of hydrogen-bond acceptors (Lipinski definition) is 4. The summed E-state index contributed by atoms with van der Waals surface area (Å²) < 4.78 is 13.7. The van der Waals surface area contributed by atoms with Gasteiger partial charge in [-0.3, -0.25) is 5.32 Å². The summed E-state index contributed by atoms with van der Waals surface area (Å²) in [5, 5.41) is 16.3. The summed E-state index contributed by atoms with van der Waals surface area (Å²) in [6.07, 6.45) is 3.42. The van der Waals surface area contributed by atoms with E-state index in [2.05, 4.69) is 15.5 Å². The molecule has 0 aromatic heterocycles. The van der Waals surface area contributed by atoms with Gasteiger partial charge in [-0.15, -0.1) is 0 Å². The number of urea groups is 1. The molecule has 4 aliphatic rings. The third kappa shape index (κ3) is 4.37. The normalized spacial score (nSPS) is 27.2. The van der Waals surface area contributed by atoms with E-state index in [1.807, 2.05) is 23.1 Å². The Morgan fingerprint density at radius 3 is 2.48 bits per heavy atom. The maximum atomic E-state index is 13.7. The lowest BCUT2D eigenvalue weighted by atomic mass is 9.72. The number of nitrogens with one attached hydrogen (secondary N) is 2. The Labute approximate surface area is 194 Å². The van der Waals surface area contributed by atoms with Crippen LogP contribution in [0.25, 0.3) is 0 Å². The van der Waals surface area contributed by atoms with Gasteiger partial charge in [0, 0.05) is 13.1 Å². The van der Waals surface area contributed by atoms with Gasteiger partial charge in [0.1, 0.15) is 12.0 Å². The number of nitrogens with zero attached hydrogens (tertiary/aromatic N) is 2. The van der Waals surface area contributed by atoms with Crippen LogP contribution in [0.3, 0.4) is 0 Å². The smallest absolute Gasteiger partial charge is 0.318 e. The molecule has 2 atom stereocenters. The lowest BCUT2D eigenvalue weighted by molar-refractivity contribution is 0.0272. The quantitative estimate of drug-likeness (QED) is 0.610. The summed E-state index contributed by atoms with van der Waals surface area (Å²) in [4.78, 5) is 17.9. The second-order valence-corrected chi connectivity index (χ2v) is 9.80. The highest BCUT2D eigenvalue weighted by Gasteiger charge is 2.40. The SMILES string of the molecule is CNC(O)c1ccc2c(c1)CCN(C(=O)NCC13CCN(CC1)CC3)[C@@H]2c1ccc(F)cc1. The van der Waals surface area contributed by atoms with E-state index in [0.29, 0.717) is 19.5 Å². The molecule has 6 rings (SSSR count). The number of hydrogen-bond donors (Lipinski definition) is 3. The molecule has 3 saturated heterocycles. The highest BCUT2D eigenvalue weighted by atomic mass is 19.1. The summed E-state index contributed by atoms with van der Waals surface area (Å²) in [6, 6.07) is 12.0. The minimum atomic E-state index is -0.734. The van der Waals surface area contributed by atoms with Gasteiger partial charge < -0.3 is 20.2 Å². The van der Waals surface area contributed by atoms with Crippen LogP contribution in [0.4, 0.5) is 9.18 Å². The first kappa shape index (κ1) is 22.3. The molecule has 3 N–H and O–H groups in total. The molecule has 0 radical (unpaired) electrons. The summed E-state index contributed by atoms with van der Waals surface area (Å²) >= 11 is 0. The van der Waals surface area contributed by atoms with Crippen LogP contribution in [0.5, 0.6) is 0 Å². The van der Waals surface area contributed by atoms with Gasteiger partial charge in [-0.25, -0.2) is 9.18 Å². The van der Waals surface area contributed by atoms with Gasteiger partial charge >= 0.3 is 6.03 Å². The van der Waals surface area contributed by atoms with Gasteiger partial charge in [0.25, 0.3) is 0 Å². The third-order valence-electron chi connectivity index (χ3n) is 7.92. The van der Waals surface area contributed by atoms with Crippen molar-refractivity contribution < 1.29 is 14.3 Å². The van der Waals surface area contributed by atoms with Crippen LogP contribution in [0.1, 0.15) is 53.8 Å². The molecule has 0 spiro atoms. The van der Waals surface area contributed by atoms with Crippen molar-refractivity contribution in [2.75, 3.05) is 39.8 Å². The van der Waals surface area contributed by atoms with Crippen LogP contribution < -0.4 is 10.6 Å². The van der Waals surface area contributed by atoms with Gasteiger partial charge in [-0.1, -0.05) is 30.3 Å². The first-order valence-electron chi connectivity index (χ1n) is 12.0. The molecule has 4 aliphatic heterocycles. The molecular weight excluding hydrogens is 419 g/mol. The minimum Gasteiger partial charge on any atom is -0.374 e. The van der Waals surface area contributed by atoms with Crippen LogP contribution in [0, 0.1) is 11.2 Å². The highest BCUT2D eigenvalue weighted by molar-refractivity contribution is 5.76. The van der Waals surface area contributed by atoms with Crippen LogP contribution in [-0.4, -0.2) is 60.7 Å². The van der Waals surface area contributed by atoms with E-state index in [-0.39, 0.29) is 23.3 Å². The van der Waals surface area contributed by atoms with Crippen LogP contribution >= 0.6 is 0 Å². The molecular formula is C26H33FN4O2. The number of piperidine rings is 3. The van der Waals surface area contributed by atoms with Gasteiger partial charge in [0.05, 0.1) is 6.04 Å². The number of rotatable bonds is 5. The number of benzene rings is 2. The average molecular weight is 453 g/mol. The largest absolute Gasteiger partial charge is 0.374 e. The van der Waals surface area contributed by atoms with Crippen molar-refractivity contribution in [1.29, 1.82) is 0 Å². The second kappa shape index (κ2) is 9.05. The van der Waals surface area contributed by atoms with Crippen molar-refractivity contribution in [2.45, 2.75) is 38.0 Å². The molecule has 176 valence electrons. The Morgan fingerprint density at radius 1 is 1.12 bits per heavy atom. The van der Waals surface area contributed by atoms with Crippen LogP contribution in [-0.2, 0) is 6.42 Å². The lowest BCUT2D eigenvalue weighted by Crippen LogP contribution is -2.54. The second-order valence-electron chi connectivity index (χ2n) is 9.80. The number of carbonyl (C=O) groups is 1. The van der Waals surface area contributed by atoms with E-state index in [9.17, 15) is 14.3 Å². The predicted octanol–water partition coefficient (Wildman–Crippen LogP) is 3.18. The van der Waals surface area contributed by atoms with Crippen molar-refractivity contribution in [3.63, 3.8) is 0 Å². The molecule has 2 aromatic rings. The van der Waals surface area contributed by atoms with Crippen LogP contribution in [0.15, 0.2) is 42.5 Å². The Hall–Kier alpha value is -2.48. The van der Waals surface area contributed by atoms with Gasteiger partial charge in [-0.05, 0) is 92.2 Å². The summed E-state index contributed by atoms with van der Waals surface area (Å²) in [5.41, 5.74) is 4.05. The van der Waals surface area contributed by atoms with Crippen molar-refractivity contribution in [1.82, 2.24) is 20.4 Å². The van der Waals surface area contributed by atoms with Crippen molar-refractivity contribution >= 4 is 6.03 Å². The Balaban J connectivity index is 1.41. The van der Waals surface area contributed by atoms with Gasteiger partial charge in [0.2, 0.25) is 0 Å². The fourth-order valence-corrected chi connectivity index (χ4v) is 5.73. The number of amides is 2. The Bertz CT molecular complexity index is 990. The standard InChI is InChI=1S/C26H33FN4O2/c1-28-24(32)20-4-7-22-19(16-20)8-12-31(23(22)18-2-5-21(27)6-3-18)25(33)29-17-26-9-13-30(14-10-26)15-11-26/h2-7,16,23-24,28,32H,8-15,17H2,1H3,(H,29,33)/t23-,24?/m1/s1. The zero-order valence-corrected chi connectivity index (χ0v) is 19.2. The molecule has 6 nitrogen and oxygen atoms in total. The topological polar surface area (TPSA) is 67.8 Å². The zero-order chi connectivity index (χ0) is 23.0. The molecule has 4 heterocycles. The van der Waals surface area contributed by atoms with E-state index in [1.165, 1.54) is 12.1 Å². The van der Waals surface area contributed by atoms with Crippen LogP contribution in [0.2, 0.25) is 0 Å². The summed E-state index contributed by atoms with van der Waals surface area (Å²) in [6.45, 7) is 4.68. The van der Waals surface area contributed by atoms with Crippen molar-refractivity contribution in [2.24, 2.45) is 5.41 Å². The molecule has 0 saturated carbocycles. The van der Waals surface area contributed by atoms with Crippen molar-refractivity contribution in [3.05, 3.63) is 70.5 Å². The molecule has 0 aliphatic carbocycles. The average Bonchev–Trinajstić information content (AvgIpc) is 2.87. The molecule has 1 unspecified atom stereocenters. The fourth-order valence-electron chi connectivity index (χ4n) is 5.73. The predicted molar refractivity (Wildman–Crippen MR) is 125 cm³/mol. The Morgan fingerprint density at radius 2 is 1.82 bits per heavy atom. The van der Waals surface area contributed by atoms with E-state index >= 15 is 0 Å². The fraction of sp³-hybridized carbons (Fsp3) is 0.500. The molecule has 3 fully saturated rings. The molecule has 2 aromatic carbocycles. The number of aliphatic hydroxyl groups excluding tert-OH is 1. The summed E-state index contributed by atoms with van der Waals surface area (Å²) in [5.74, 6) is -0.291. The minimum absolute atomic E-state index is 0.0586. The van der Waals surface area contributed by atoms with E-state index in [1.54, 1.807) is 19.2 Å². The van der Waals surface area contributed by atoms with E-state index in [4.69, 9.17) is 0 Å². The highest BCUT2D eigenvalue weighted by Crippen LogP contribution is 2.40. The Kier molecular flexibility index (Phi) is 6.12. The molecule has 33 heavy (non-hydrogen) atoms. The monoisotopic (exact) mass is 452 g/mol. The zero-order valence-electron chi connectivity index (χ0n) is 19.2. The van der Waals surface area contributed by atoms with E-state index < -0.39 is 6.23 Å². The maximum Gasteiger partial charge on any atom is 0.318 e. The number of aliphatic hydroxyl groups is 1. The number of fused-ring (bicyclic) bond motifs is 4. The lowest BCUT2D eigenvalue weighted by Gasteiger charge is -2.49. The molecule has 7 heteroatoms. The van der Waals surface area contributed by atoms with Gasteiger partial charge in [0.15, 0.2) is 0 Å². The number of carbonyl (C=O) groups excluding carboxylic acids is 1. The first-order chi connectivity index (χ1) is 16.0. The van der Waals surface area contributed by atoms with Gasteiger partial charge in [-0.2, -0.15) is 0 Å². The molecule has 2 bridgehead atoms. The first-order valence-corrected chi connectivity index (χ1v) is 12.0. The maximum absolute atomic E-state index is 13.7. The number of halogens is 1. The summed E-state index contributed by atoms with van der Waals surface area (Å²) in [7, 11) is 1.72. The molecule has 2 amide bonds. The van der Waals surface area contributed by atoms with E-state index in [0.717, 1.165) is 61.2 Å².